The second kappa shape index (κ2) is 3.54. The van der Waals surface area contributed by atoms with Crippen LogP contribution >= 0.6 is 0 Å². The SMILES string of the molecule is CCc1c(C=O)c2ccc(C)cc2n1C. The highest BCUT2D eigenvalue weighted by atomic mass is 16.1. The van der Waals surface area contributed by atoms with Crippen LogP contribution in [0.3, 0.4) is 0 Å². The number of carbonyl (C=O) groups is 1. The molecule has 0 aliphatic heterocycles. The first-order chi connectivity index (χ1) is 7.19. The van der Waals surface area contributed by atoms with Gasteiger partial charge in [0.2, 0.25) is 0 Å². The van der Waals surface area contributed by atoms with Crippen molar-refractivity contribution in [2.45, 2.75) is 20.3 Å². The Morgan fingerprint density at radius 3 is 2.73 bits per heavy atom. The lowest BCUT2D eigenvalue weighted by molar-refractivity contribution is 0.112. The maximum Gasteiger partial charge on any atom is 0.152 e. The number of hydrogen-bond donors (Lipinski definition) is 0. The number of aromatic nitrogens is 1. The lowest BCUT2D eigenvalue weighted by Gasteiger charge is -2.01. The van der Waals surface area contributed by atoms with E-state index in [-0.39, 0.29) is 0 Å². The van der Waals surface area contributed by atoms with Gasteiger partial charge in [0.1, 0.15) is 0 Å². The van der Waals surface area contributed by atoms with Gasteiger partial charge in [0.25, 0.3) is 0 Å². The Balaban J connectivity index is 2.90. The van der Waals surface area contributed by atoms with Crippen LogP contribution in [0.25, 0.3) is 10.9 Å². The lowest BCUT2D eigenvalue weighted by atomic mass is 10.1. The smallest absolute Gasteiger partial charge is 0.152 e. The monoisotopic (exact) mass is 201 g/mol. The summed E-state index contributed by atoms with van der Waals surface area (Å²) in [6, 6.07) is 6.21. The van der Waals surface area contributed by atoms with E-state index in [1.807, 2.05) is 13.1 Å². The van der Waals surface area contributed by atoms with Crippen LogP contribution in [0.15, 0.2) is 18.2 Å². The van der Waals surface area contributed by atoms with Gasteiger partial charge in [0.15, 0.2) is 6.29 Å². The molecule has 0 N–H and O–H groups in total. The third-order valence-electron chi connectivity index (χ3n) is 2.97. The minimum Gasteiger partial charge on any atom is -0.347 e. The van der Waals surface area contributed by atoms with Crippen LogP contribution in [-0.4, -0.2) is 10.9 Å². The molecule has 1 aromatic carbocycles. The molecule has 1 heterocycles. The molecular formula is C13H15NO. The first-order valence-corrected chi connectivity index (χ1v) is 5.22. The Kier molecular flexibility index (Phi) is 2.35. The highest BCUT2D eigenvalue weighted by molar-refractivity contribution is 5.99. The summed E-state index contributed by atoms with van der Waals surface area (Å²) in [6.45, 7) is 4.15. The molecule has 2 heteroatoms. The van der Waals surface area contributed by atoms with Gasteiger partial charge in [-0.3, -0.25) is 4.79 Å². The van der Waals surface area contributed by atoms with Gasteiger partial charge in [-0.2, -0.15) is 0 Å². The molecule has 78 valence electrons. The highest BCUT2D eigenvalue weighted by Gasteiger charge is 2.12. The van der Waals surface area contributed by atoms with E-state index in [4.69, 9.17) is 0 Å². The third kappa shape index (κ3) is 1.37. The highest BCUT2D eigenvalue weighted by Crippen LogP contribution is 2.25. The van der Waals surface area contributed by atoms with Crippen LogP contribution in [-0.2, 0) is 13.5 Å². The Morgan fingerprint density at radius 2 is 2.13 bits per heavy atom. The van der Waals surface area contributed by atoms with E-state index in [1.165, 1.54) is 5.56 Å². The second-order valence-corrected chi connectivity index (χ2v) is 3.91. The molecule has 15 heavy (non-hydrogen) atoms. The summed E-state index contributed by atoms with van der Waals surface area (Å²) in [5.41, 5.74) is 4.33. The van der Waals surface area contributed by atoms with Crippen LogP contribution in [0.4, 0.5) is 0 Å². The van der Waals surface area contributed by atoms with Gasteiger partial charge < -0.3 is 4.57 Å². The van der Waals surface area contributed by atoms with Gasteiger partial charge in [0.05, 0.1) is 0 Å². The van der Waals surface area contributed by atoms with E-state index >= 15 is 0 Å². The average molecular weight is 201 g/mol. The third-order valence-corrected chi connectivity index (χ3v) is 2.97. The molecule has 0 saturated heterocycles. The topological polar surface area (TPSA) is 22.0 Å². The number of fused-ring (bicyclic) bond motifs is 1. The van der Waals surface area contributed by atoms with E-state index in [2.05, 4.69) is 30.5 Å². The van der Waals surface area contributed by atoms with Crippen LogP contribution in [0.2, 0.25) is 0 Å². The zero-order valence-corrected chi connectivity index (χ0v) is 9.37. The second-order valence-electron chi connectivity index (χ2n) is 3.91. The van der Waals surface area contributed by atoms with E-state index in [9.17, 15) is 4.79 Å². The average Bonchev–Trinajstić information content (AvgIpc) is 2.51. The molecule has 0 aliphatic rings. The fourth-order valence-corrected chi connectivity index (χ4v) is 2.19. The largest absolute Gasteiger partial charge is 0.347 e. The first-order valence-electron chi connectivity index (χ1n) is 5.22. The van der Waals surface area contributed by atoms with Crippen molar-refractivity contribution in [2.75, 3.05) is 0 Å². The summed E-state index contributed by atoms with van der Waals surface area (Å²) in [6.07, 6.45) is 1.86. The summed E-state index contributed by atoms with van der Waals surface area (Å²) in [5.74, 6) is 0. The number of aldehydes is 1. The van der Waals surface area contributed by atoms with Crippen molar-refractivity contribution in [1.29, 1.82) is 0 Å². The summed E-state index contributed by atoms with van der Waals surface area (Å²) in [7, 11) is 2.02. The zero-order valence-electron chi connectivity index (χ0n) is 9.37. The number of carbonyl (C=O) groups excluding carboxylic acids is 1. The molecule has 0 bridgehead atoms. The molecule has 2 rings (SSSR count). The molecule has 2 aromatic rings. The Morgan fingerprint density at radius 1 is 1.40 bits per heavy atom. The maximum atomic E-state index is 11.1. The number of aryl methyl sites for hydroxylation is 2. The maximum absolute atomic E-state index is 11.1. The predicted molar refractivity (Wildman–Crippen MR) is 62.4 cm³/mol. The van der Waals surface area contributed by atoms with Crippen molar-refractivity contribution in [1.82, 2.24) is 4.57 Å². The van der Waals surface area contributed by atoms with E-state index in [0.717, 1.165) is 34.9 Å². The zero-order chi connectivity index (χ0) is 11.0. The molecule has 0 fully saturated rings. The van der Waals surface area contributed by atoms with Crippen LogP contribution in [0.5, 0.6) is 0 Å². The van der Waals surface area contributed by atoms with Crippen molar-refractivity contribution < 1.29 is 4.79 Å². The van der Waals surface area contributed by atoms with Crippen molar-refractivity contribution in [3.63, 3.8) is 0 Å². The standard InChI is InChI=1S/C13H15NO/c1-4-12-11(8-15)10-6-5-9(2)7-13(10)14(12)3/h5-8H,4H2,1-3H3. The molecule has 0 spiro atoms. The fraction of sp³-hybridized carbons (Fsp3) is 0.308. The molecule has 0 radical (unpaired) electrons. The molecule has 2 nitrogen and oxygen atoms in total. The summed E-state index contributed by atoms with van der Waals surface area (Å²) in [5, 5.41) is 1.06. The van der Waals surface area contributed by atoms with E-state index < -0.39 is 0 Å². The number of benzene rings is 1. The fourth-order valence-electron chi connectivity index (χ4n) is 2.19. The normalized spacial score (nSPS) is 10.9. The van der Waals surface area contributed by atoms with Crippen molar-refractivity contribution in [2.24, 2.45) is 7.05 Å². The quantitative estimate of drug-likeness (QED) is 0.685. The molecule has 1 aromatic heterocycles. The predicted octanol–water partition coefficient (Wildman–Crippen LogP) is 2.86. The van der Waals surface area contributed by atoms with E-state index in [0.29, 0.717) is 0 Å². The first kappa shape index (κ1) is 9.97. The minimum atomic E-state index is 0.843. The lowest BCUT2D eigenvalue weighted by Crippen LogP contribution is -1.96. The summed E-state index contributed by atoms with van der Waals surface area (Å²) in [4.78, 5) is 11.1. The van der Waals surface area contributed by atoms with Gasteiger partial charge in [-0.05, 0) is 25.0 Å². The molecule has 0 saturated carbocycles. The van der Waals surface area contributed by atoms with Crippen LogP contribution in [0, 0.1) is 6.92 Å². The van der Waals surface area contributed by atoms with Crippen molar-refractivity contribution in [3.05, 3.63) is 35.0 Å². The molecular weight excluding hydrogens is 186 g/mol. The van der Waals surface area contributed by atoms with Crippen molar-refractivity contribution >= 4 is 17.2 Å². The van der Waals surface area contributed by atoms with Crippen LogP contribution in [0.1, 0.15) is 28.5 Å². The Bertz CT molecular complexity index is 523. The molecule has 0 amide bonds. The number of rotatable bonds is 2. The van der Waals surface area contributed by atoms with Gasteiger partial charge in [-0.25, -0.2) is 0 Å². The minimum absolute atomic E-state index is 0.843. The Labute approximate surface area is 89.5 Å². The summed E-state index contributed by atoms with van der Waals surface area (Å²) >= 11 is 0. The number of hydrogen-bond acceptors (Lipinski definition) is 1. The van der Waals surface area contributed by atoms with Crippen LogP contribution < -0.4 is 0 Å². The number of nitrogens with zero attached hydrogens (tertiary/aromatic N) is 1. The van der Waals surface area contributed by atoms with Gasteiger partial charge in [-0.15, -0.1) is 0 Å². The van der Waals surface area contributed by atoms with Gasteiger partial charge in [0, 0.05) is 29.2 Å². The van der Waals surface area contributed by atoms with E-state index in [1.54, 1.807) is 0 Å². The molecule has 0 atom stereocenters. The molecule has 0 unspecified atom stereocenters. The Hall–Kier alpha value is -1.57. The van der Waals surface area contributed by atoms with Gasteiger partial charge >= 0.3 is 0 Å². The molecule has 0 aliphatic carbocycles. The van der Waals surface area contributed by atoms with Crippen molar-refractivity contribution in [3.8, 4) is 0 Å². The summed E-state index contributed by atoms with van der Waals surface area (Å²) < 4.78 is 2.12. The van der Waals surface area contributed by atoms with Gasteiger partial charge in [-0.1, -0.05) is 19.1 Å².